The molecular weight excluding hydrogens is 394 g/mol. The summed E-state index contributed by atoms with van der Waals surface area (Å²) >= 11 is 0. The van der Waals surface area contributed by atoms with Crippen LogP contribution in [0.3, 0.4) is 0 Å². The third-order valence-electron chi connectivity index (χ3n) is 6.64. The number of phenolic OH excluding ortho intramolecular Hbond substituents is 1. The molecule has 1 aliphatic rings. The predicted molar refractivity (Wildman–Crippen MR) is 133 cm³/mol. The maximum absolute atomic E-state index is 12.4. The molecule has 0 unspecified atom stereocenters. The number of rotatable bonds is 4. The first-order valence-electron chi connectivity index (χ1n) is 11.2. The second kappa shape index (κ2) is 8.31. The molecule has 0 fully saturated rings. The van der Waals surface area contributed by atoms with Gasteiger partial charge in [0.1, 0.15) is 5.75 Å². The normalized spacial score (nSPS) is 16.5. The quantitative estimate of drug-likeness (QED) is 0.344. The monoisotopic (exact) mass is 425 g/mol. The van der Waals surface area contributed by atoms with Crippen molar-refractivity contribution in [3.05, 3.63) is 94.5 Å². The molecule has 0 atom stereocenters. The van der Waals surface area contributed by atoms with Crippen LogP contribution in [-0.4, -0.2) is 11.0 Å². The Kier molecular flexibility index (Phi) is 5.68. The molecule has 0 radical (unpaired) electrons. The Morgan fingerprint density at radius 1 is 0.781 bits per heavy atom. The summed E-state index contributed by atoms with van der Waals surface area (Å²) in [5.74, 6) is -0.00362. The van der Waals surface area contributed by atoms with Gasteiger partial charge in [0.25, 0.3) is 5.91 Å². The first kappa shape index (κ1) is 21.9. The van der Waals surface area contributed by atoms with Gasteiger partial charge >= 0.3 is 0 Å². The second-order valence-electron chi connectivity index (χ2n) is 10.0. The van der Waals surface area contributed by atoms with E-state index in [9.17, 15) is 9.90 Å². The minimum atomic E-state index is -0.175. The highest BCUT2D eigenvalue weighted by Gasteiger charge is 2.36. The van der Waals surface area contributed by atoms with Crippen LogP contribution < -0.4 is 5.32 Å². The predicted octanol–water partition coefficient (Wildman–Crippen LogP) is 7.16. The summed E-state index contributed by atoms with van der Waals surface area (Å²) in [5.41, 5.74) is 6.83. The van der Waals surface area contributed by atoms with Crippen molar-refractivity contribution >= 4 is 23.7 Å². The van der Waals surface area contributed by atoms with Gasteiger partial charge in [0, 0.05) is 11.3 Å². The van der Waals surface area contributed by atoms with E-state index in [1.54, 1.807) is 24.3 Å². The summed E-state index contributed by atoms with van der Waals surface area (Å²) in [7, 11) is 0. The minimum absolute atomic E-state index is 0.172. The van der Waals surface area contributed by atoms with Gasteiger partial charge in [-0.15, -0.1) is 0 Å². The number of carbonyl (C=O) groups is 1. The van der Waals surface area contributed by atoms with E-state index in [1.807, 2.05) is 24.3 Å². The molecule has 3 heteroatoms. The van der Waals surface area contributed by atoms with Gasteiger partial charge in [0.2, 0.25) is 0 Å². The molecule has 3 nitrogen and oxygen atoms in total. The van der Waals surface area contributed by atoms with E-state index < -0.39 is 0 Å². The van der Waals surface area contributed by atoms with Crippen LogP contribution in [0.1, 0.15) is 73.1 Å². The molecule has 1 amide bonds. The van der Waals surface area contributed by atoms with E-state index in [0.29, 0.717) is 11.3 Å². The van der Waals surface area contributed by atoms with Crippen LogP contribution in [0.25, 0.3) is 12.2 Å². The maximum Gasteiger partial charge on any atom is 0.255 e. The lowest BCUT2D eigenvalue weighted by molar-refractivity contribution is 0.102. The highest BCUT2D eigenvalue weighted by molar-refractivity contribution is 6.04. The molecule has 0 aliphatic heterocycles. The topological polar surface area (TPSA) is 49.3 Å². The van der Waals surface area contributed by atoms with Gasteiger partial charge < -0.3 is 10.4 Å². The fourth-order valence-corrected chi connectivity index (χ4v) is 4.40. The zero-order valence-electron chi connectivity index (χ0n) is 19.3. The van der Waals surface area contributed by atoms with Gasteiger partial charge in [-0.05, 0) is 82.3 Å². The van der Waals surface area contributed by atoms with E-state index >= 15 is 0 Å². The number of phenols is 1. The largest absolute Gasteiger partial charge is 0.508 e. The second-order valence-corrected chi connectivity index (χ2v) is 10.0. The Labute approximate surface area is 190 Å². The lowest BCUT2D eigenvalue weighted by Crippen LogP contribution is -2.33. The highest BCUT2D eigenvalue weighted by Crippen LogP contribution is 2.46. The summed E-state index contributed by atoms with van der Waals surface area (Å²) in [4.78, 5) is 12.4. The number of hydrogen-bond donors (Lipinski definition) is 2. The number of aromatic hydroxyl groups is 1. The van der Waals surface area contributed by atoms with Crippen LogP contribution in [-0.2, 0) is 10.8 Å². The molecular formula is C29H31NO2. The van der Waals surface area contributed by atoms with Crippen LogP contribution in [0.4, 0.5) is 5.69 Å². The molecule has 0 heterocycles. The lowest BCUT2D eigenvalue weighted by atomic mass is 9.63. The van der Waals surface area contributed by atoms with Crippen LogP contribution >= 0.6 is 0 Å². The molecule has 0 spiro atoms. The van der Waals surface area contributed by atoms with Crippen molar-refractivity contribution in [3.8, 4) is 5.75 Å². The molecule has 0 bridgehead atoms. The smallest absolute Gasteiger partial charge is 0.255 e. The summed E-state index contributed by atoms with van der Waals surface area (Å²) in [6.45, 7) is 9.37. The average Bonchev–Trinajstić information content (AvgIpc) is 2.77. The van der Waals surface area contributed by atoms with Crippen LogP contribution in [0.15, 0.2) is 66.7 Å². The molecule has 3 aromatic carbocycles. The van der Waals surface area contributed by atoms with E-state index in [4.69, 9.17) is 0 Å². The number of amides is 1. The molecule has 164 valence electrons. The zero-order valence-corrected chi connectivity index (χ0v) is 19.3. The van der Waals surface area contributed by atoms with Crippen LogP contribution in [0.5, 0.6) is 5.75 Å². The first-order chi connectivity index (χ1) is 15.1. The summed E-state index contributed by atoms with van der Waals surface area (Å²) in [5, 5.41) is 12.2. The minimum Gasteiger partial charge on any atom is -0.508 e. The standard InChI is InChI=1S/C29H31NO2/c1-28(2)17-18-29(3,4)26-19-21(9-16-25(26)28)6-5-20-7-10-22(11-8-20)27(32)30-23-12-14-24(31)15-13-23/h5-16,19,31H,17-18H2,1-4H3,(H,30,32)/b6-5+. The van der Waals surface area contributed by atoms with E-state index in [0.717, 1.165) is 5.56 Å². The third kappa shape index (κ3) is 4.62. The maximum atomic E-state index is 12.4. The SMILES string of the molecule is CC1(C)CCC(C)(C)c2cc(/C=C/c3ccc(C(=O)Nc4ccc(O)cc4)cc3)ccc21. The van der Waals surface area contributed by atoms with E-state index in [2.05, 4.69) is 63.4 Å². The lowest BCUT2D eigenvalue weighted by Gasteiger charge is -2.42. The average molecular weight is 426 g/mol. The van der Waals surface area contributed by atoms with Gasteiger partial charge in [-0.1, -0.05) is 70.2 Å². The Balaban J connectivity index is 1.48. The van der Waals surface area contributed by atoms with Gasteiger partial charge in [-0.2, -0.15) is 0 Å². The van der Waals surface area contributed by atoms with Crippen molar-refractivity contribution in [2.45, 2.75) is 51.4 Å². The molecule has 0 aromatic heterocycles. The van der Waals surface area contributed by atoms with Crippen LogP contribution in [0, 0.1) is 0 Å². The Hall–Kier alpha value is -3.33. The molecule has 0 saturated carbocycles. The van der Waals surface area contributed by atoms with Crippen molar-refractivity contribution < 1.29 is 9.90 Å². The fourth-order valence-electron chi connectivity index (χ4n) is 4.40. The third-order valence-corrected chi connectivity index (χ3v) is 6.64. The fraction of sp³-hybridized carbons (Fsp3) is 0.276. The summed E-state index contributed by atoms with van der Waals surface area (Å²) in [6, 6.07) is 20.8. The van der Waals surface area contributed by atoms with Crippen molar-refractivity contribution in [3.63, 3.8) is 0 Å². The van der Waals surface area contributed by atoms with Gasteiger partial charge in [0.15, 0.2) is 0 Å². The van der Waals surface area contributed by atoms with Gasteiger partial charge in [0.05, 0.1) is 0 Å². The summed E-state index contributed by atoms with van der Waals surface area (Å²) < 4.78 is 0. The number of carbonyl (C=O) groups excluding carboxylic acids is 1. The van der Waals surface area contributed by atoms with E-state index in [1.165, 1.54) is 29.5 Å². The molecule has 3 aromatic rings. The van der Waals surface area contributed by atoms with E-state index in [-0.39, 0.29) is 22.5 Å². The van der Waals surface area contributed by atoms with Crippen LogP contribution in [0.2, 0.25) is 0 Å². The number of hydrogen-bond acceptors (Lipinski definition) is 2. The molecule has 0 saturated heterocycles. The Morgan fingerprint density at radius 3 is 2.00 bits per heavy atom. The number of benzene rings is 3. The van der Waals surface area contributed by atoms with Crippen molar-refractivity contribution in [2.75, 3.05) is 5.32 Å². The number of anilines is 1. The van der Waals surface area contributed by atoms with Crippen molar-refractivity contribution in [1.29, 1.82) is 0 Å². The number of nitrogens with one attached hydrogen (secondary N) is 1. The highest BCUT2D eigenvalue weighted by atomic mass is 16.3. The van der Waals surface area contributed by atoms with Crippen molar-refractivity contribution in [2.24, 2.45) is 0 Å². The Bertz CT molecular complexity index is 1150. The molecule has 32 heavy (non-hydrogen) atoms. The molecule has 1 aliphatic carbocycles. The van der Waals surface area contributed by atoms with Crippen molar-refractivity contribution in [1.82, 2.24) is 0 Å². The summed E-state index contributed by atoms with van der Waals surface area (Å²) in [6.07, 6.45) is 6.65. The van der Waals surface area contributed by atoms with Gasteiger partial charge in [-0.3, -0.25) is 4.79 Å². The number of fused-ring (bicyclic) bond motifs is 1. The molecule has 2 N–H and O–H groups in total. The molecule has 4 rings (SSSR count). The van der Waals surface area contributed by atoms with Gasteiger partial charge in [-0.25, -0.2) is 0 Å². The Morgan fingerprint density at radius 2 is 1.34 bits per heavy atom. The zero-order chi connectivity index (χ0) is 22.9. The first-order valence-corrected chi connectivity index (χ1v) is 11.2.